The Morgan fingerprint density at radius 1 is 0.810 bits per heavy atom. The van der Waals surface area contributed by atoms with Gasteiger partial charge in [-0.3, -0.25) is 4.57 Å². The zero-order valence-electron chi connectivity index (χ0n) is 14.3. The van der Waals surface area contributed by atoms with Gasteiger partial charge in [-0.1, -0.05) is 97.8 Å². The van der Waals surface area contributed by atoms with Gasteiger partial charge in [-0.25, -0.2) is 0 Å². The monoisotopic (exact) mass is 317 g/mol. The highest BCUT2D eigenvalue weighted by Crippen LogP contribution is 2.48. The molecule has 0 unspecified atom stereocenters. The topological polar surface area (TPSA) is 57.5 Å². The maximum atomic E-state index is 11.4. The standard InChI is InChI=1S/C16H35BO3P/c1-4-6-8-10-12-14-16(3,17-21(18,19)20)15-13-11-9-7-5-2/h4-15H2,1-3H3,(H2,18,19,20). The SMILES string of the molecule is CCCCCCCC(C)([B]P(=O)(O)O)CCCCCCC. The van der Waals surface area contributed by atoms with E-state index >= 15 is 0 Å². The Morgan fingerprint density at radius 3 is 1.52 bits per heavy atom. The molecule has 2 N–H and O–H groups in total. The van der Waals surface area contributed by atoms with Crippen molar-refractivity contribution in [2.75, 3.05) is 0 Å². The summed E-state index contributed by atoms with van der Waals surface area (Å²) in [7, 11) is -4.03. The lowest BCUT2D eigenvalue weighted by Crippen LogP contribution is -2.18. The Balaban J connectivity index is 4.17. The Kier molecular flexibility index (Phi) is 11.9. The summed E-state index contributed by atoms with van der Waals surface area (Å²) in [4.78, 5) is 18.6. The third kappa shape index (κ3) is 13.6. The summed E-state index contributed by atoms with van der Waals surface area (Å²) in [5.41, 5.74) is 0. The third-order valence-electron chi connectivity index (χ3n) is 4.18. The van der Waals surface area contributed by atoms with Gasteiger partial charge >= 0.3 is 0 Å². The second-order valence-electron chi connectivity index (χ2n) is 6.70. The molecule has 0 aromatic carbocycles. The van der Waals surface area contributed by atoms with Crippen LogP contribution in [-0.4, -0.2) is 16.8 Å². The zero-order chi connectivity index (χ0) is 16.2. The second kappa shape index (κ2) is 11.7. The van der Waals surface area contributed by atoms with E-state index in [0.717, 1.165) is 25.7 Å². The van der Waals surface area contributed by atoms with Crippen LogP contribution in [0.5, 0.6) is 0 Å². The van der Waals surface area contributed by atoms with E-state index in [1.54, 1.807) is 0 Å². The highest BCUT2D eigenvalue weighted by Gasteiger charge is 2.33. The largest absolute Gasteiger partial charge is 0.333 e. The fraction of sp³-hybridized carbons (Fsp3) is 1.00. The maximum Gasteiger partial charge on any atom is 0.278 e. The molecule has 1 radical (unpaired) electrons. The molecule has 0 spiro atoms. The highest BCUT2D eigenvalue weighted by molar-refractivity contribution is 7.82. The smallest absolute Gasteiger partial charge is 0.278 e. The van der Waals surface area contributed by atoms with Gasteiger partial charge in [0, 0.05) is 0 Å². The van der Waals surface area contributed by atoms with Gasteiger partial charge in [-0.15, -0.1) is 0 Å². The lowest BCUT2D eigenvalue weighted by atomic mass is 9.63. The van der Waals surface area contributed by atoms with Crippen LogP contribution in [0.3, 0.4) is 0 Å². The summed E-state index contributed by atoms with van der Waals surface area (Å²) in [5.74, 6) is 0. The minimum absolute atomic E-state index is 0.308. The van der Waals surface area contributed by atoms with Crippen LogP contribution in [0, 0.1) is 0 Å². The van der Waals surface area contributed by atoms with Crippen molar-refractivity contribution in [1.82, 2.24) is 0 Å². The van der Waals surface area contributed by atoms with Gasteiger partial charge < -0.3 is 9.79 Å². The van der Waals surface area contributed by atoms with Crippen molar-refractivity contribution in [2.24, 2.45) is 0 Å². The van der Waals surface area contributed by atoms with Crippen LogP contribution in [0.2, 0.25) is 5.31 Å². The summed E-state index contributed by atoms with van der Waals surface area (Å²) < 4.78 is 11.4. The summed E-state index contributed by atoms with van der Waals surface area (Å²) >= 11 is 0. The Labute approximate surface area is 132 Å². The molecule has 0 aromatic rings. The average molecular weight is 317 g/mol. The van der Waals surface area contributed by atoms with Crippen LogP contribution in [0.25, 0.3) is 0 Å². The molecule has 0 aliphatic carbocycles. The summed E-state index contributed by atoms with van der Waals surface area (Å²) in [6.45, 7) is 7.73. The molecule has 5 heteroatoms. The molecule has 0 saturated heterocycles. The normalized spacial score (nSPS) is 12.6. The van der Waals surface area contributed by atoms with E-state index in [-0.39, 0.29) is 5.31 Å². The van der Waals surface area contributed by atoms with Gasteiger partial charge in [0.1, 0.15) is 0 Å². The average Bonchev–Trinajstić information content (AvgIpc) is 2.36. The maximum absolute atomic E-state index is 11.4. The molecule has 0 bridgehead atoms. The van der Waals surface area contributed by atoms with Gasteiger partial charge in [0.25, 0.3) is 14.5 Å². The predicted molar refractivity (Wildman–Crippen MR) is 92.9 cm³/mol. The molecule has 0 rings (SSSR count). The molecular weight excluding hydrogens is 282 g/mol. The molecule has 0 atom stereocenters. The van der Waals surface area contributed by atoms with Crippen LogP contribution in [-0.2, 0) is 4.57 Å². The van der Waals surface area contributed by atoms with Crippen LogP contribution in [0.4, 0.5) is 0 Å². The molecule has 0 aliphatic heterocycles. The minimum Gasteiger partial charge on any atom is -0.333 e. The third-order valence-corrected chi connectivity index (χ3v) is 5.14. The fourth-order valence-corrected chi connectivity index (χ4v) is 4.00. The molecule has 0 amide bonds. The molecule has 3 nitrogen and oxygen atoms in total. The molecular formula is C16H35BO3P. The van der Waals surface area contributed by atoms with Crippen molar-refractivity contribution < 1.29 is 14.4 Å². The van der Waals surface area contributed by atoms with Gasteiger partial charge in [-0.2, -0.15) is 0 Å². The summed E-state index contributed by atoms with van der Waals surface area (Å²) in [6, 6.07) is 0. The lowest BCUT2D eigenvalue weighted by molar-refractivity contribution is 0.386. The van der Waals surface area contributed by atoms with E-state index in [4.69, 9.17) is 0 Å². The van der Waals surface area contributed by atoms with E-state index in [1.165, 1.54) is 58.4 Å². The number of rotatable bonds is 14. The van der Waals surface area contributed by atoms with E-state index in [9.17, 15) is 14.4 Å². The van der Waals surface area contributed by atoms with E-state index in [2.05, 4.69) is 13.8 Å². The van der Waals surface area contributed by atoms with Gasteiger partial charge in [0.15, 0.2) is 0 Å². The van der Waals surface area contributed by atoms with Crippen LogP contribution in [0.1, 0.15) is 97.8 Å². The van der Waals surface area contributed by atoms with Crippen molar-refractivity contribution >= 4 is 14.5 Å². The van der Waals surface area contributed by atoms with Crippen molar-refractivity contribution in [3.63, 3.8) is 0 Å². The summed E-state index contributed by atoms with van der Waals surface area (Å²) in [6.07, 6.45) is 13.7. The fourth-order valence-electron chi connectivity index (χ4n) is 2.92. The highest BCUT2D eigenvalue weighted by atomic mass is 31.2. The van der Waals surface area contributed by atoms with Crippen molar-refractivity contribution in [2.45, 2.75) is 103 Å². The predicted octanol–water partition coefficient (Wildman–Crippen LogP) is 5.68. The van der Waals surface area contributed by atoms with Gasteiger partial charge in [0.2, 0.25) is 0 Å². The van der Waals surface area contributed by atoms with Gasteiger partial charge in [0.05, 0.1) is 0 Å². The van der Waals surface area contributed by atoms with Crippen molar-refractivity contribution in [3.8, 4) is 0 Å². The van der Waals surface area contributed by atoms with E-state index < -0.39 is 7.47 Å². The summed E-state index contributed by atoms with van der Waals surface area (Å²) in [5, 5.41) is -0.308. The van der Waals surface area contributed by atoms with E-state index in [1.807, 2.05) is 6.92 Å². The molecule has 0 fully saturated rings. The first kappa shape index (κ1) is 21.2. The quantitative estimate of drug-likeness (QED) is 0.246. The lowest BCUT2D eigenvalue weighted by Gasteiger charge is -2.29. The molecule has 0 aliphatic rings. The number of hydrogen-bond acceptors (Lipinski definition) is 1. The second-order valence-corrected chi connectivity index (χ2v) is 8.14. The number of hydrogen-bond donors (Lipinski definition) is 2. The Hall–Kier alpha value is 0.215. The molecule has 125 valence electrons. The van der Waals surface area contributed by atoms with Crippen LogP contribution < -0.4 is 0 Å². The molecule has 21 heavy (non-hydrogen) atoms. The minimum atomic E-state index is -4.03. The zero-order valence-corrected chi connectivity index (χ0v) is 15.2. The van der Waals surface area contributed by atoms with Crippen LogP contribution >= 0.6 is 7.47 Å². The van der Waals surface area contributed by atoms with Gasteiger partial charge in [-0.05, 0) is 5.31 Å². The first-order valence-electron chi connectivity index (χ1n) is 8.75. The molecule has 0 heterocycles. The molecule has 0 aromatic heterocycles. The van der Waals surface area contributed by atoms with Crippen LogP contribution in [0.15, 0.2) is 0 Å². The Morgan fingerprint density at radius 2 is 1.19 bits per heavy atom. The first-order valence-corrected chi connectivity index (χ1v) is 10.4. The first-order chi connectivity index (χ1) is 9.83. The number of unbranched alkanes of at least 4 members (excludes halogenated alkanes) is 8. The van der Waals surface area contributed by atoms with Crippen molar-refractivity contribution in [1.29, 1.82) is 0 Å². The molecule has 0 saturated carbocycles. The van der Waals surface area contributed by atoms with Crippen molar-refractivity contribution in [3.05, 3.63) is 0 Å². The van der Waals surface area contributed by atoms with E-state index in [0.29, 0.717) is 0 Å². The Bertz CT molecular complexity index is 277.